The Morgan fingerprint density at radius 3 is 1.33 bits per heavy atom. The van der Waals surface area contributed by atoms with Crippen molar-refractivity contribution in [2.24, 2.45) is 0 Å². The van der Waals surface area contributed by atoms with E-state index in [1.54, 1.807) is 0 Å². The quantitative estimate of drug-likeness (QED) is 0.0567. The third kappa shape index (κ3) is 17.2. The highest BCUT2D eigenvalue weighted by molar-refractivity contribution is 7.85. The predicted octanol–water partition coefficient (Wildman–Crippen LogP) is -11.0. The first kappa shape index (κ1) is 61.1. The first-order valence-electron chi connectivity index (χ1n) is 18.7. The van der Waals surface area contributed by atoms with E-state index in [1.807, 2.05) is 5.32 Å². The van der Waals surface area contributed by atoms with Gasteiger partial charge in [-0.05, 0) is 0 Å². The van der Waals surface area contributed by atoms with E-state index in [1.165, 1.54) is 0 Å². The van der Waals surface area contributed by atoms with Crippen molar-refractivity contribution in [3.63, 3.8) is 0 Å². The lowest BCUT2D eigenvalue weighted by Crippen LogP contribution is -2.68. The number of carbonyl (C=O) groups excluding carboxylic acids is 2. The summed E-state index contributed by atoms with van der Waals surface area (Å²) in [6, 6.07) is -3.66. The Kier molecular flexibility index (Phi) is 21.1. The van der Waals surface area contributed by atoms with Gasteiger partial charge in [-0.2, -0.15) is 33.7 Å². The van der Waals surface area contributed by atoms with Crippen LogP contribution < -0.4 is 10.6 Å². The molecule has 2 amide bonds. The molecular formula is C28H46N2O36S4. The van der Waals surface area contributed by atoms with E-state index in [2.05, 4.69) is 22.6 Å². The van der Waals surface area contributed by atoms with Gasteiger partial charge in [-0.3, -0.25) is 27.8 Å². The molecule has 0 saturated carbocycles. The van der Waals surface area contributed by atoms with Crippen molar-refractivity contribution in [1.29, 1.82) is 0 Å². The summed E-state index contributed by atoms with van der Waals surface area (Å²) in [5, 5.41) is 102. The zero-order valence-electron chi connectivity index (χ0n) is 34.8. The van der Waals surface area contributed by atoms with E-state index in [4.69, 9.17) is 47.2 Å². The summed E-state index contributed by atoms with van der Waals surface area (Å²) < 4.78 is 175. The summed E-state index contributed by atoms with van der Waals surface area (Å²) >= 11 is 0. The fourth-order valence-electron chi connectivity index (χ4n) is 6.64. The lowest BCUT2D eigenvalue weighted by Gasteiger charge is -2.46. The highest BCUT2D eigenvalue weighted by Crippen LogP contribution is 2.34. The van der Waals surface area contributed by atoms with Crippen LogP contribution >= 0.6 is 0 Å². The normalized spacial score (nSPS) is 38.6. The number of aliphatic carboxylic acids is 2. The number of rotatable bonds is 18. The van der Waals surface area contributed by atoms with Gasteiger partial charge in [0.15, 0.2) is 61.8 Å². The lowest BCUT2D eigenvalue weighted by molar-refractivity contribution is -0.352. The van der Waals surface area contributed by atoms with E-state index >= 15 is 0 Å². The van der Waals surface area contributed by atoms with Crippen LogP contribution in [0, 0.1) is 0 Å². The second-order valence-electron chi connectivity index (χ2n) is 14.6. The minimum atomic E-state index is -5.58. The fraction of sp³-hybridized carbons (Fsp3) is 0.857. The van der Waals surface area contributed by atoms with Crippen LogP contribution in [0.25, 0.3) is 0 Å². The van der Waals surface area contributed by atoms with Gasteiger partial charge in [0.2, 0.25) is 11.8 Å². The average Bonchev–Trinajstić information content (AvgIpc) is 3.19. The van der Waals surface area contributed by atoms with Gasteiger partial charge < -0.3 is 94.9 Å². The Hall–Kier alpha value is -3.20. The molecule has 4 heterocycles. The number of hydrogen-bond acceptors (Lipinski definition) is 30. The molecule has 4 rings (SSSR count). The lowest BCUT2D eigenvalue weighted by atomic mass is 9.95. The average molecular weight is 1110 g/mol. The molecule has 0 bridgehead atoms. The minimum Gasteiger partial charge on any atom is -0.479 e. The molecular weight excluding hydrogens is 1070 g/mol. The molecule has 20 atom stereocenters. The Balaban J connectivity index is 0.000000380. The fourth-order valence-corrected chi connectivity index (χ4v) is 8.43. The van der Waals surface area contributed by atoms with Gasteiger partial charge in [0.25, 0.3) is 10.1 Å². The van der Waals surface area contributed by atoms with Crippen molar-refractivity contribution in [1.82, 2.24) is 10.6 Å². The zero-order chi connectivity index (χ0) is 53.8. The van der Waals surface area contributed by atoms with Crippen LogP contribution in [-0.4, -0.2) is 262 Å². The van der Waals surface area contributed by atoms with Crippen LogP contribution in [0.2, 0.25) is 0 Å². The molecule has 4 aliphatic heterocycles. The summed E-state index contributed by atoms with van der Waals surface area (Å²) in [7, 11) is -21.3. The summed E-state index contributed by atoms with van der Waals surface area (Å²) in [5.41, 5.74) is 0. The number of carboxylic acids is 2. The molecule has 408 valence electrons. The molecule has 0 aromatic heterocycles. The number of carboxylic acid groups (broad SMARTS) is 2. The zero-order valence-corrected chi connectivity index (χ0v) is 38.1. The molecule has 0 aromatic carbocycles. The molecule has 0 aliphatic carbocycles. The maximum atomic E-state index is 11.7. The Morgan fingerprint density at radius 2 is 0.900 bits per heavy atom. The Bertz CT molecular complexity index is 2290. The summed E-state index contributed by atoms with van der Waals surface area (Å²) in [6.07, 6.45) is -39.8. The van der Waals surface area contributed by atoms with Gasteiger partial charge >= 0.3 is 43.1 Å². The predicted molar refractivity (Wildman–Crippen MR) is 203 cm³/mol. The first-order valence-corrected chi connectivity index (χ1v) is 24.4. The monoisotopic (exact) mass is 1110 g/mol. The van der Waals surface area contributed by atoms with E-state index < -0.39 is 200 Å². The molecule has 38 nitrogen and oxygen atoms in total. The van der Waals surface area contributed by atoms with Crippen molar-refractivity contribution >= 4 is 65.1 Å². The second kappa shape index (κ2) is 24.2. The highest BCUT2D eigenvalue weighted by atomic mass is 32.3. The molecule has 0 spiro atoms. The topological polar surface area (TPSA) is 604 Å². The summed E-state index contributed by atoms with van der Waals surface area (Å²) in [4.78, 5) is 45.9. The van der Waals surface area contributed by atoms with Crippen molar-refractivity contribution in [3.05, 3.63) is 0 Å². The molecule has 16 N–H and O–H groups in total. The standard InChI is InChI=1S/C14H23NO21S3.C14H23NO15S/c1-3(16)15-4-7(10(36-39(28,29)30)13(34-12(4)21)31-2-37(22,23)24)32-14-9(35-38(25,26)27)6(18)5(17)8(33-14)11(19)20;1-3(17)15-5-10(9(30-31(24,25)26)4(2-16)27-13(5)23)28-14-8(20)6(18)7(19)11(29-14)12(21)22/h4-10,12-14,17-18,21H,2H2,1H3,(H,15,16)(H,19,20)(H,22,23,24)(H,25,26,27)(H,28,29,30);4-11,13-14,16,18-20,23H,2H2,1H3,(H,15,17)(H,21,22)(H,24,25,26)/t4?,5-,6-,7+,8?,9?,10+,12+,13?,14+;4?,5?,6-,7-,8?,9-,10+,11?,13+,14+/m00/s1. The van der Waals surface area contributed by atoms with Crippen LogP contribution in [0.4, 0.5) is 0 Å². The first-order chi connectivity index (χ1) is 31.9. The van der Waals surface area contributed by atoms with Gasteiger partial charge in [-0.1, -0.05) is 0 Å². The van der Waals surface area contributed by atoms with Crippen LogP contribution in [-0.2, 0) is 106 Å². The molecule has 4 aliphatic rings. The molecule has 0 aromatic rings. The Morgan fingerprint density at radius 1 is 0.500 bits per heavy atom. The molecule has 70 heavy (non-hydrogen) atoms. The molecule has 8 unspecified atom stereocenters. The van der Waals surface area contributed by atoms with Gasteiger partial charge in [0.05, 0.1) is 6.61 Å². The number of ether oxygens (including phenoxy) is 7. The van der Waals surface area contributed by atoms with Crippen LogP contribution in [0.1, 0.15) is 13.8 Å². The number of aliphatic hydroxyl groups is 8. The van der Waals surface area contributed by atoms with E-state index in [-0.39, 0.29) is 0 Å². The van der Waals surface area contributed by atoms with Gasteiger partial charge in [-0.25, -0.2) is 22.1 Å². The van der Waals surface area contributed by atoms with Crippen molar-refractivity contribution in [3.8, 4) is 0 Å². The number of carbonyl (C=O) groups is 4. The molecule has 0 radical (unpaired) electrons. The largest absolute Gasteiger partial charge is 0.479 e. The molecule has 4 saturated heterocycles. The third-order valence-corrected chi connectivity index (χ3v) is 11.2. The van der Waals surface area contributed by atoms with Crippen molar-refractivity contribution < 1.29 is 168 Å². The maximum Gasteiger partial charge on any atom is 0.397 e. The van der Waals surface area contributed by atoms with Gasteiger partial charge in [0.1, 0.15) is 67.0 Å². The van der Waals surface area contributed by atoms with Crippen molar-refractivity contribution in [2.45, 2.75) is 137 Å². The molecule has 4 fully saturated rings. The number of hydrogen-bond donors (Lipinski definition) is 16. The Labute approximate surface area is 392 Å². The van der Waals surface area contributed by atoms with Crippen LogP contribution in [0.15, 0.2) is 0 Å². The smallest absolute Gasteiger partial charge is 0.397 e. The van der Waals surface area contributed by atoms with Crippen LogP contribution in [0.5, 0.6) is 0 Å². The van der Waals surface area contributed by atoms with Gasteiger partial charge in [-0.15, -0.1) is 0 Å². The highest BCUT2D eigenvalue weighted by Gasteiger charge is 2.57. The van der Waals surface area contributed by atoms with E-state index in [9.17, 15) is 103 Å². The van der Waals surface area contributed by atoms with Crippen LogP contribution in [0.3, 0.4) is 0 Å². The number of aliphatic hydroxyl groups excluding tert-OH is 8. The van der Waals surface area contributed by atoms with Gasteiger partial charge in [0, 0.05) is 13.8 Å². The summed E-state index contributed by atoms with van der Waals surface area (Å²) in [5.74, 6) is -7.12. The summed E-state index contributed by atoms with van der Waals surface area (Å²) in [6.45, 7) is 0.884. The third-order valence-electron chi connectivity index (χ3n) is 9.38. The minimum absolute atomic E-state index is 0.779. The van der Waals surface area contributed by atoms with Crippen molar-refractivity contribution in [2.75, 3.05) is 12.5 Å². The second-order valence-corrected chi connectivity index (χ2v) is 19.2. The molecule has 42 heteroatoms. The van der Waals surface area contributed by atoms with E-state index in [0.29, 0.717) is 0 Å². The SMILES string of the molecule is CC(=O)NC1[C@H](O)OC(CO)[C@H](OS(=O)(=O)O)[C@@H]1O[C@@H]1OC(C(=O)O)[C@@H](O)[C@H](O)C1O.CC(=O)NC1[C@H](O)OC(OCS(=O)(=O)O)[C@H](OS(=O)(=O)O)[C@@H]1O[C@@H]1OC(C(=O)O)[C@@H](O)[C@H](O)C1OS(=O)(=O)O. The van der Waals surface area contributed by atoms with E-state index in [0.717, 1.165) is 13.8 Å². The maximum absolute atomic E-state index is 11.7. The number of nitrogens with one attached hydrogen (secondary N) is 2. The number of amides is 2.